The molecule has 2 aromatic rings. The van der Waals surface area contributed by atoms with E-state index in [0.717, 1.165) is 4.47 Å². The van der Waals surface area contributed by atoms with Gasteiger partial charge in [0.25, 0.3) is 5.91 Å². The van der Waals surface area contributed by atoms with Gasteiger partial charge in [-0.3, -0.25) is 9.59 Å². The monoisotopic (exact) mass is 360 g/mol. The molecule has 0 aromatic heterocycles. The minimum atomic E-state index is -0.223. The molecule has 0 spiro atoms. The van der Waals surface area contributed by atoms with E-state index >= 15 is 0 Å². The van der Waals surface area contributed by atoms with Crippen molar-refractivity contribution < 1.29 is 9.59 Å². The van der Waals surface area contributed by atoms with E-state index in [1.165, 1.54) is 0 Å². The first-order valence-corrected chi connectivity index (χ1v) is 7.73. The number of hydrogen-bond acceptors (Lipinski definition) is 2. The molecule has 2 N–H and O–H groups in total. The first kappa shape index (κ1) is 16.2. The molecule has 0 aliphatic heterocycles. The fourth-order valence-corrected chi connectivity index (χ4v) is 2.19. The van der Waals surface area contributed by atoms with Crippen LogP contribution in [-0.2, 0) is 4.79 Å². The van der Waals surface area contributed by atoms with Crippen molar-refractivity contribution in [3.8, 4) is 0 Å². The molecule has 4 nitrogen and oxygen atoms in total. The van der Waals surface area contributed by atoms with Crippen molar-refractivity contribution in [3.05, 3.63) is 58.6 Å². The number of hydrogen-bond donors (Lipinski definition) is 2. The van der Waals surface area contributed by atoms with Crippen LogP contribution in [0.2, 0.25) is 0 Å². The van der Waals surface area contributed by atoms with Gasteiger partial charge >= 0.3 is 0 Å². The lowest BCUT2D eigenvalue weighted by molar-refractivity contribution is -0.118. The van der Waals surface area contributed by atoms with E-state index in [2.05, 4.69) is 26.6 Å². The standard InChI is InChI=1S/C17H17BrN2O2/c1-11(2)16(21)19-14-7-3-5-12(9-14)17(22)20-15-8-4-6-13(18)10-15/h3-11H,1-2H3,(H,19,21)(H,20,22). The Kier molecular flexibility index (Phi) is 5.33. The Bertz CT molecular complexity index is 699. The third-order valence-corrected chi connectivity index (χ3v) is 3.49. The maximum atomic E-state index is 12.3. The zero-order valence-electron chi connectivity index (χ0n) is 12.4. The Morgan fingerprint density at radius 2 is 1.59 bits per heavy atom. The summed E-state index contributed by atoms with van der Waals surface area (Å²) in [4.78, 5) is 24.0. The van der Waals surface area contributed by atoms with Crippen LogP contribution in [0.3, 0.4) is 0 Å². The van der Waals surface area contributed by atoms with Crippen molar-refractivity contribution in [1.82, 2.24) is 0 Å². The summed E-state index contributed by atoms with van der Waals surface area (Å²) in [7, 11) is 0. The van der Waals surface area contributed by atoms with Crippen LogP contribution >= 0.6 is 15.9 Å². The molecule has 0 bridgehead atoms. The molecular formula is C17H17BrN2O2. The van der Waals surface area contributed by atoms with Crippen LogP contribution in [0.15, 0.2) is 53.0 Å². The van der Waals surface area contributed by atoms with Crippen LogP contribution in [0.1, 0.15) is 24.2 Å². The number of carbonyl (C=O) groups excluding carboxylic acids is 2. The van der Waals surface area contributed by atoms with Crippen LogP contribution in [0.4, 0.5) is 11.4 Å². The van der Waals surface area contributed by atoms with E-state index in [1.807, 2.05) is 38.1 Å². The Hall–Kier alpha value is -2.14. The number of benzene rings is 2. The normalized spacial score (nSPS) is 10.4. The number of halogens is 1. The molecule has 0 saturated heterocycles. The van der Waals surface area contributed by atoms with Crippen LogP contribution in [-0.4, -0.2) is 11.8 Å². The lowest BCUT2D eigenvalue weighted by Crippen LogP contribution is -2.18. The van der Waals surface area contributed by atoms with Gasteiger partial charge in [-0.15, -0.1) is 0 Å². The Morgan fingerprint density at radius 3 is 2.23 bits per heavy atom. The number of rotatable bonds is 4. The topological polar surface area (TPSA) is 58.2 Å². The molecule has 0 radical (unpaired) electrons. The summed E-state index contributed by atoms with van der Waals surface area (Å²) >= 11 is 3.36. The van der Waals surface area contributed by atoms with Gasteiger partial charge in [0, 0.05) is 27.3 Å². The first-order chi connectivity index (χ1) is 10.5. The molecule has 0 aliphatic carbocycles. The predicted molar refractivity (Wildman–Crippen MR) is 92.0 cm³/mol. The molecule has 0 aliphatic rings. The van der Waals surface area contributed by atoms with Gasteiger partial charge < -0.3 is 10.6 Å². The Morgan fingerprint density at radius 1 is 0.955 bits per heavy atom. The number of anilines is 2. The number of amides is 2. The van der Waals surface area contributed by atoms with Crippen molar-refractivity contribution in [1.29, 1.82) is 0 Å². The molecule has 0 heterocycles. The fourth-order valence-electron chi connectivity index (χ4n) is 1.79. The van der Waals surface area contributed by atoms with Gasteiger partial charge in [0.15, 0.2) is 0 Å². The van der Waals surface area contributed by atoms with Crippen LogP contribution in [0.25, 0.3) is 0 Å². The summed E-state index contributed by atoms with van der Waals surface area (Å²) in [5, 5.41) is 5.60. The summed E-state index contributed by atoms with van der Waals surface area (Å²) in [6, 6.07) is 14.2. The van der Waals surface area contributed by atoms with E-state index < -0.39 is 0 Å². The van der Waals surface area contributed by atoms with Crippen molar-refractivity contribution in [3.63, 3.8) is 0 Å². The second-order valence-corrected chi connectivity index (χ2v) is 6.10. The smallest absolute Gasteiger partial charge is 0.255 e. The highest BCUT2D eigenvalue weighted by Gasteiger charge is 2.10. The molecule has 2 amide bonds. The summed E-state index contributed by atoms with van der Waals surface area (Å²) < 4.78 is 0.892. The summed E-state index contributed by atoms with van der Waals surface area (Å²) in [5.41, 5.74) is 1.80. The van der Waals surface area contributed by atoms with E-state index in [1.54, 1.807) is 24.3 Å². The highest BCUT2D eigenvalue weighted by molar-refractivity contribution is 9.10. The molecule has 22 heavy (non-hydrogen) atoms. The largest absolute Gasteiger partial charge is 0.326 e. The molecular weight excluding hydrogens is 344 g/mol. The van der Waals surface area contributed by atoms with Crippen molar-refractivity contribution in [2.45, 2.75) is 13.8 Å². The van der Waals surface area contributed by atoms with E-state index in [9.17, 15) is 9.59 Å². The lowest BCUT2D eigenvalue weighted by atomic mass is 10.1. The average molecular weight is 361 g/mol. The van der Waals surface area contributed by atoms with Crippen LogP contribution in [0, 0.1) is 5.92 Å². The molecule has 2 aromatic carbocycles. The highest BCUT2D eigenvalue weighted by Crippen LogP contribution is 2.18. The lowest BCUT2D eigenvalue weighted by Gasteiger charge is -2.10. The highest BCUT2D eigenvalue weighted by atomic mass is 79.9. The van der Waals surface area contributed by atoms with Gasteiger partial charge in [-0.1, -0.05) is 41.9 Å². The maximum Gasteiger partial charge on any atom is 0.255 e. The summed E-state index contributed by atoms with van der Waals surface area (Å²) in [6.45, 7) is 3.64. The van der Waals surface area contributed by atoms with Gasteiger partial charge in [-0.25, -0.2) is 0 Å². The zero-order chi connectivity index (χ0) is 16.1. The van der Waals surface area contributed by atoms with Gasteiger partial charge in [-0.2, -0.15) is 0 Å². The Balaban J connectivity index is 2.11. The van der Waals surface area contributed by atoms with E-state index in [-0.39, 0.29) is 17.7 Å². The van der Waals surface area contributed by atoms with Crippen molar-refractivity contribution >= 4 is 39.1 Å². The maximum absolute atomic E-state index is 12.3. The minimum Gasteiger partial charge on any atom is -0.326 e. The van der Waals surface area contributed by atoms with Crippen LogP contribution in [0.5, 0.6) is 0 Å². The van der Waals surface area contributed by atoms with Crippen LogP contribution < -0.4 is 10.6 Å². The molecule has 5 heteroatoms. The fraction of sp³-hybridized carbons (Fsp3) is 0.176. The summed E-state index contributed by atoms with van der Waals surface area (Å²) in [5.74, 6) is -0.414. The molecule has 0 fully saturated rings. The second kappa shape index (κ2) is 7.22. The van der Waals surface area contributed by atoms with Gasteiger partial charge in [0.05, 0.1) is 0 Å². The second-order valence-electron chi connectivity index (χ2n) is 5.19. The number of nitrogens with one attached hydrogen (secondary N) is 2. The third kappa shape index (κ3) is 4.43. The van der Waals surface area contributed by atoms with E-state index in [0.29, 0.717) is 16.9 Å². The minimum absolute atomic E-state index is 0.0791. The average Bonchev–Trinajstić information content (AvgIpc) is 2.47. The molecule has 0 unspecified atom stereocenters. The number of carbonyl (C=O) groups is 2. The van der Waals surface area contributed by atoms with E-state index in [4.69, 9.17) is 0 Å². The SMILES string of the molecule is CC(C)C(=O)Nc1cccc(C(=O)Nc2cccc(Br)c2)c1. The van der Waals surface area contributed by atoms with Gasteiger partial charge in [0.1, 0.15) is 0 Å². The van der Waals surface area contributed by atoms with Gasteiger partial charge in [0.2, 0.25) is 5.91 Å². The summed E-state index contributed by atoms with van der Waals surface area (Å²) in [6.07, 6.45) is 0. The van der Waals surface area contributed by atoms with Gasteiger partial charge in [-0.05, 0) is 36.4 Å². The zero-order valence-corrected chi connectivity index (χ0v) is 14.0. The first-order valence-electron chi connectivity index (χ1n) is 6.93. The Labute approximate surface area is 138 Å². The molecule has 0 atom stereocenters. The predicted octanol–water partition coefficient (Wildman–Crippen LogP) is 4.30. The quantitative estimate of drug-likeness (QED) is 0.853. The van der Waals surface area contributed by atoms with Crippen molar-refractivity contribution in [2.75, 3.05) is 10.6 Å². The molecule has 0 saturated carbocycles. The molecule has 2 rings (SSSR count). The third-order valence-electron chi connectivity index (χ3n) is 3.00. The molecule has 114 valence electrons. The van der Waals surface area contributed by atoms with Crippen molar-refractivity contribution in [2.24, 2.45) is 5.92 Å².